The first-order chi connectivity index (χ1) is 14.5. The highest BCUT2D eigenvalue weighted by Gasteiger charge is 2.34. The lowest BCUT2D eigenvalue weighted by Gasteiger charge is -2.33. The van der Waals surface area contributed by atoms with Crippen molar-refractivity contribution in [2.24, 2.45) is 0 Å². The smallest absolute Gasteiger partial charge is 0.322 e. The van der Waals surface area contributed by atoms with Crippen LogP contribution in [-0.4, -0.2) is 37.6 Å². The Morgan fingerprint density at radius 2 is 1.93 bits per heavy atom. The second-order valence-corrected chi connectivity index (χ2v) is 6.61. The first-order valence-corrected chi connectivity index (χ1v) is 9.25. The highest BCUT2D eigenvalue weighted by Crippen LogP contribution is 2.32. The van der Waals surface area contributed by atoms with Crippen LogP contribution in [0.4, 0.5) is 10.5 Å². The molecule has 8 heteroatoms. The Balaban J connectivity index is 1.94. The number of carbonyl (C=O) groups excluding carboxylic acids is 2. The van der Waals surface area contributed by atoms with Gasteiger partial charge in [-0.05, 0) is 36.8 Å². The maximum absolute atomic E-state index is 13.2. The summed E-state index contributed by atoms with van der Waals surface area (Å²) in [5, 5.41) is 14.4. The molecule has 0 aromatic heterocycles. The summed E-state index contributed by atoms with van der Waals surface area (Å²) >= 11 is 0. The van der Waals surface area contributed by atoms with Gasteiger partial charge in [0.2, 0.25) is 0 Å². The van der Waals surface area contributed by atoms with Gasteiger partial charge < -0.3 is 25.0 Å². The normalized spacial score (nSPS) is 15.9. The molecule has 1 heterocycles. The van der Waals surface area contributed by atoms with Gasteiger partial charge in [-0.25, -0.2) is 4.79 Å². The molecular formula is C22H22N4O4. The Labute approximate surface area is 174 Å². The van der Waals surface area contributed by atoms with E-state index >= 15 is 0 Å². The molecule has 8 nitrogen and oxygen atoms in total. The van der Waals surface area contributed by atoms with Gasteiger partial charge >= 0.3 is 6.03 Å². The molecule has 0 spiro atoms. The number of anilines is 1. The molecular weight excluding hydrogens is 384 g/mol. The number of ether oxygens (including phenoxy) is 2. The maximum Gasteiger partial charge on any atom is 0.322 e. The second kappa shape index (κ2) is 9.01. The number of benzene rings is 2. The summed E-state index contributed by atoms with van der Waals surface area (Å²) in [6.07, 6.45) is 0. The number of nitriles is 1. The number of methoxy groups -OCH3 is 1. The van der Waals surface area contributed by atoms with Crippen molar-refractivity contribution in [2.45, 2.75) is 13.0 Å². The van der Waals surface area contributed by atoms with Crippen LogP contribution in [0.2, 0.25) is 0 Å². The Morgan fingerprint density at radius 3 is 2.60 bits per heavy atom. The van der Waals surface area contributed by atoms with Crippen LogP contribution in [0.15, 0.2) is 59.8 Å². The van der Waals surface area contributed by atoms with Crippen molar-refractivity contribution in [3.8, 4) is 17.6 Å². The lowest BCUT2D eigenvalue weighted by Crippen LogP contribution is -2.46. The van der Waals surface area contributed by atoms with E-state index in [2.05, 4.69) is 10.6 Å². The van der Waals surface area contributed by atoms with E-state index in [4.69, 9.17) is 14.7 Å². The minimum absolute atomic E-state index is 0.0596. The molecule has 0 saturated carbocycles. The van der Waals surface area contributed by atoms with Crippen LogP contribution in [0.3, 0.4) is 0 Å². The van der Waals surface area contributed by atoms with Gasteiger partial charge in [-0.2, -0.15) is 5.26 Å². The van der Waals surface area contributed by atoms with Gasteiger partial charge in [-0.3, -0.25) is 4.79 Å². The zero-order chi connectivity index (χ0) is 21.7. The zero-order valence-electron chi connectivity index (χ0n) is 16.9. The Bertz CT molecular complexity index is 1020. The van der Waals surface area contributed by atoms with Crippen molar-refractivity contribution in [1.29, 1.82) is 5.26 Å². The zero-order valence-corrected chi connectivity index (χ0v) is 16.9. The van der Waals surface area contributed by atoms with Crippen LogP contribution in [0.25, 0.3) is 0 Å². The van der Waals surface area contributed by atoms with Crippen molar-refractivity contribution in [3.63, 3.8) is 0 Å². The van der Waals surface area contributed by atoms with Crippen molar-refractivity contribution in [2.75, 3.05) is 26.1 Å². The van der Waals surface area contributed by atoms with Gasteiger partial charge in [0.15, 0.2) is 6.61 Å². The second-order valence-electron chi connectivity index (χ2n) is 6.61. The van der Waals surface area contributed by atoms with E-state index in [9.17, 15) is 9.59 Å². The van der Waals surface area contributed by atoms with Crippen LogP contribution in [0, 0.1) is 11.3 Å². The summed E-state index contributed by atoms with van der Waals surface area (Å²) in [5.74, 6) is 0.715. The number of carbonyl (C=O) groups is 2. The van der Waals surface area contributed by atoms with E-state index in [1.165, 1.54) is 12.0 Å². The lowest BCUT2D eigenvalue weighted by atomic mass is 9.94. The maximum atomic E-state index is 13.2. The number of nitrogens with zero attached hydrogens (tertiary/aromatic N) is 2. The molecule has 0 radical (unpaired) electrons. The summed E-state index contributed by atoms with van der Waals surface area (Å²) in [7, 11) is 3.14. The number of nitrogens with one attached hydrogen (secondary N) is 2. The first-order valence-electron chi connectivity index (χ1n) is 9.25. The van der Waals surface area contributed by atoms with Gasteiger partial charge in [0.05, 0.1) is 24.4 Å². The standard InChI is InChI=1S/C22H22N4O4/c1-14-19(21(27)24-17-6-4-5-7-18(17)29-3)20(25-22(28)26(14)2)15-8-10-16(11-9-15)30-13-12-23/h4-11,20H,13H2,1-3H3,(H,24,27)(H,25,28)/t20-/m0/s1. The summed E-state index contributed by atoms with van der Waals surface area (Å²) in [6, 6.07) is 15.0. The molecule has 0 bridgehead atoms. The minimum atomic E-state index is -0.645. The lowest BCUT2D eigenvalue weighted by molar-refractivity contribution is -0.113. The predicted molar refractivity (Wildman–Crippen MR) is 111 cm³/mol. The number of hydrogen-bond acceptors (Lipinski definition) is 5. The number of urea groups is 1. The van der Waals surface area contributed by atoms with E-state index < -0.39 is 6.04 Å². The summed E-state index contributed by atoms with van der Waals surface area (Å²) in [4.78, 5) is 27.0. The highest BCUT2D eigenvalue weighted by molar-refractivity contribution is 6.07. The van der Waals surface area contributed by atoms with Gasteiger partial charge in [0.1, 0.15) is 17.6 Å². The van der Waals surface area contributed by atoms with Crippen molar-refractivity contribution in [1.82, 2.24) is 10.2 Å². The SMILES string of the molecule is COc1ccccc1NC(=O)C1=C(C)N(C)C(=O)N[C@H]1c1ccc(OCC#N)cc1. The first kappa shape index (κ1) is 20.7. The number of hydrogen-bond donors (Lipinski definition) is 2. The molecule has 0 aliphatic carbocycles. The average molecular weight is 406 g/mol. The Morgan fingerprint density at radius 1 is 1.23 bits per heavy atom. The van der Waals surface area contributed by atoms with Crippen LogP contribution >= 0.6 is 0 Å². The highest BCUT2D eigenvalue weighted by atomic mass is 16.5. The molecule has 3 rings (SSSR count). The van der Waals surface area contributed by atoms with E-state index in [0.717, 1.165) is 0 Å². The monoisotopic (exact) mass is 406 g/mol. The fourth-order valence-corrected chi connectivity index (χ4v) is 3.19. The molecule has 154 valence electrons. The molecule has 1 atom stereocenters. The third kappa shape index (κ3) is 4.20. The molecule has 0 fully saturated rings. The van der Waals surface area contributed by atoms with Gasteiger partial charge in [-0.15, -0.1) is 0 Å². The molecule has 2 aromatic rings. The molecule has 0 saturated heterocycles. The van der Waals surface area contributed by atoms with Gasteiger partial charge in [0, 0.05) is 12.7 Å². The predicted octanol–water partition coefficient (Wildman–Crippen LogP) is 3.21. The molecule has 30 heavy (non-hydrogen) atoms. The van der Waals surface area contributed by atoms with Crippen LogP contribution < -0.4 is 20.1 Å². The third-order valence-corrected chi connectivity index (χ3v) is 4.87. The number of rotatable bonds is 6. The van der Waals surface area contributed by atoms with E-state index in [0.29, 0.717) is 34.0 Å². The molecule has 0 unspecified atom stereocenters. The molecule has 1 aliphatic rings. The van der Waals surface area contributed by atoms with Crippen molar-refractivity contribution < 1.29 is 19.1 Å². The number of para-hydroxylation sites is 2. The van der Waals surface area contributed by atoms with E-state index in [1.807, 2.05) is 12.1 Å². The summed E-state index contributed by atoms with van der Waals surface area (Å²) in [5.41, 5.74) is 2.20. The summed E-state index contributed by atoms with van der Waals surface area (Å²) in [6.45, 7) is 1.67. The topological polar surface area (TPSA) is 104 Å². The fourth-order valence-electron chi connectivity index (χ4n) is 3.19. The largest absolute Gasteiger partial charge is 0.495 e. The number of amides is 3. The van der Waals surface area contributed by atoms with E-state index in [-0.39, 0.29) is 18.5 Å². The molecule has 1 aliphatic heterocycles. The van der Waals surface area contributed by atoms with Gasteiger partial charge in [-0.1, -0.05) is 24.3 Å². The molecule has 2 N–H and O–H groups in total. The average Bonchev–Trinajstić information content (AvgIpc) is 2.76. The third-order valence-electron chi connectivity index (χ3n) is 4.87. The van der Waals surface area contributed by atoms with Gasteiger partial charge in [0.25, 0.3) is 5.91 Å². The number of allylic oxidation sites excluding steroid dienone is 1. The van der Waals surface area contributed by atoms with Crippen molar-refractivity contribution in [3.05, 3.63) is 65.4 Å². The molecule has 2 aromatic carbocycles. The van der Waals surface area contributed by atoms with Crippen LogP contribution in [0.5, 0.6) is 11.5 Å². The fraction of sp³-hybridized carbons (Fsp3) is 0.227. The minimum Gasteiger partial charge on any atom is -0.495 e. The van der Waals surface area contributed by atoms with Crippen LogP contribution in [0.1, 0.15) is 18.5 Å². The van der Waals surface area contributed by atoms with Crippen LogP contribution in [-0.2, 0) is 4.79 Å². The van der Waals surface area contributed by atoms with E-state index in [1.54, 1.807) is 56.4 Å². The quantitative estimate of drug-likeness (QED) is 0.767. The van der Waals surface area contributed by atoms with Crippen molar-refractivity contribution >= 4 is 17.6 Å². The molecule has 3 amide bonds. The Kier molecular flexibility index (Phi) is 6.23. The summed E-state index contributed by atoms with van der Waals surface area (Å²) < 4.78 is 10.6. The Hall–Kier alpha value is -3.99.